The van der Waals surface area contributed by atoms with Crippen molar-refractivity contribution in [3.8, 4) is 5.75 Å². The molecule has 2 fully saturated rings. The van der Waals surface area contributed by atoms with Gasteiger partial charge >= 0.3 is 0 Å². The van der Waals surface area contributed by atoms with E-state index in [4.69, 9.17) is 4.74 Å². The van der Waals surface area contributed by atoms with Gasteiger partial charge in [-0.2, -0.15) is 4.31 Å². The van der Waals surface area contributed by atoms with E-state index in [2.05, 4.69) is 12.2 Å². The highest BCUT2D eigenvalue weighted by Crippen LogP contribution is 2.31. The molecule has 2 saturated heterocycles. The number of carbonyl (C=O) groups is 1. The Kier molecular flexibility index (Phi) is 7.54. The average molecular weight is 425 g/mol. The van der Waals surface area contributed by atoms with E-state index in [1.54, 1.807) is 18.2 Å². The molecule has 0 saturated carbocycles. The molecule has 0 aliphatic carbocycles. The standard InChI is InChI=1S/C21H33N3O4S/c1-3-28-19-10-9-18(22-21(25)16-23-11-7-8-17(2)15-23)14-20(19)29(26,27)24-12-5-4-6-13-24/h9-10,14,17H,3-8,11-13,15-16H2,1-2H3,(H,22,25)/p+1/t17-/m0/s1. The van der Waals surface area contributed by atoms with Gasteiger partial charge in [0.25, 0.3) is 5.91 Å². The molecule has 1 unspecified atom stereocenters. The zero-order chi connectivity index (χ0) is 20.9. The van der Waals surface area contributed by atoms with Crippen LogP contribution in [0, 0.1) is 5.92 Å². The first-order valence-electron chi connectivity index (χ1n) is 10.8. The van der Waals surface area contributed by atoms with Gasteiger partial charge in [0.1, 0.15) is 10.6 Å². The summed E-state index contributed by atoms with van der Waals surface area (Å²) in [6.07, 6.45) is 5.16. The maximum absolute atomic E-state index is 13.2. The molecule has 2 heterocycles. The molecule has 2 N–H and O–H groups in total. The molecule has 1 amide bonds. The smallest absolute Gasteiger partial charge is 0.279 e. The zero-order valence-electron chi connectivity index (χ0n) is 17.6. The van der Waals surface area contributed by atoms with Gasteiger partial charge in [-0.1, -0.05) is 13.3 Å². The fourth-order valence-electron chi connectivity index (χ4n) is 4.30. The van der Waals surface area contributed by atoms with Gasteiger partial charge in [0.05, 0.1) is 19.7 Å². The first-order chi connectivity index (χ1) is 13.9. The van der Waals surface area contributed by atoms with Gasteiger partial charge in [0.2, 0.25) is 10.0 Å². The Morgan fingerprint density at radius 3 is 2.69 bits per heavy atom. The van der Waals surface area contributed by atoms with Crippen molar-refractivity contribution in [3.05, 3.63) is 18.2 Å². The second kappa shape index (κ2) is 9.91. The van der Waals surface area contributed by atoms with Crippen LogP contribution in [0.5, 0.6) is 5.75 Å². The lowest BCUT2D eigenvalue weighted by Crippen LogP contribution is -3.14. The summed E-state index contributed by atoms with van der Waals surface area (Å²) < 4.78 is 33.5. The maximum Gasteiger partial charge on any atom is 0.279 e. The van der Waals surface area contributed by atoms with E-state index < -0.39 is 10.0 Å². The Morgan fingerprint density at radius 2 is 2.00 bits per heavy atom. The second-order valence-corrected chi connectivity index (χ2v) is 10.1. The summed E-state index contributed by atoms with van der Waals surface area (Å²) in [6.45, 7) is 7.91. The maximum atomic E-state index is 13.2. The number of piperidine rings is 2. The molecule has 7 nitrogen and oxygen atoms in total. The van der Waals surface area contributed by atoms with Crippen molar-refractivity contribution in [2.24, 2.45) is 5.92 Å². The minimum atomic E-state index is -3.66. The monoisotopic (exact) mass is 424 g/mol. The Balaban J connectivity index is 1.76. The normalized spacial score (nSPS) is 23.5. The number of nitrogens with one attached hydrogen (secondary N) is 2. The molecule has 0 aromatic heterocycles. The summed E-state index contributed by atoms with van der Waals surface area (Å²) in [5, 5.41) is 2.89. The molecule has 8 heteroatoms. The molecular weight excluding hydrogens is 390 g/mol. The van der Waals surface area contributed by atoms with Gasteiger partial charge in [-0.3, -0.25) is 4.79 Å². The topological polar surface area (TPSA) is 80.1 Å². The number of hydrogen-bond acceptors (Lipinski definition) is 4. The van der Waals surface area contributed by atoms with Crippen LogP contribution in [0.2, 0.25) is 0 Å². The van der Waals surface area contributed by atoms with E-state index in [-0.39, 0.29) is 10.8 Å². The van der Waals surface area contributed by atoms with E-state index in [0.29, 0.717) is 43.6 Å². The van der Waals surface area contributed by atoms with Crippen LogP contribution in [0.15, 0.2) is 23.1 Å². The SMILES string of the molecule is CCOc1ccc(NC(=O)C[NH+]2CCC[C@H](C)C2)cc1S(=O)(=O)N1CCCCC1. The van der Waals surface area contributed by atoms with Gasteiger partial charge in [-0.25, -0.2) is 8.42 Å². The summed E-state index contributed by atoms with van der Waals surface area (Å²) in [5.41, 5.74) is 0.499. The Hall–Kier alpha value is -1.64. The number of likely N-dealkylation sites (tertiary alicyclic amines) is 1. The fraction of sp³-hybridized carbons (Fsp3) is 0.667. The molecule has 1 aromatic rings. The predicted molar refractivity (Wildman–Crippen MR) is 113 cm³/mol. The van der Waals surface area contributed by atoms with Crippen molar-refractivity contribution in [3.63, 3.8) is 0 Å². The van der Waals surface area contributed by atoms with Crippen molar-refractivity contribution >= 4 is 21.6 Å². The van der Waals surface area contributed by atoms with Crippen LogP contribution in [0.1, 0.15) is 46.0 Å². The van der Waals surface area contributed by atoms with E-state index >= 15 is 0 Å². The molecule has 3 rings (SSSR count). The number of rotatable bonds is 7. The summed E-state index contributed by atoms with van der Waals surface area (Å²) in [5.74, 6) is 0.893. The van der Waals surface area contributed by atoms with Crippen molar-refractivity contribution in [1.29, 1.82) is 0 Å². The highest BCUT2D eigenvalue weighted by atomic mass is 32.2. The minimum absolute atomic E-state index is 0.0837. The van der Waals surface area contributed by atoms with Crippen LogP contribution in [-0.4, -0.2) is 58.0 Å². The second-order valence-electron chi connectivity index (χ2n) is 8.24. The molecule has 0 bridgehead atoms. The largest absolute Gasteiger partial charge is 0.492 e. The van der Waals surface area contributed by atoms with Gasteiger partial charge in [0.15, 0.2) is 6.54 Å². The lowest BCUT2D eigenvalue weighted by atomic mass is 10.0. The molecule has 1 aromatic carbocycles. The van der Waals surface area contributed by atoms with Crippen LogP contribution < -0.4 is 15.0 Å². The van der Waals surface area contributed by atoms with Crippen LogP contribution in [0.3, 0.4) is 0 Å². The van der Waals surface area contributed by atoms with Gasteiger partial charge in [-0.05, 0) is 50.8 Å². The fourth-order valence-corrected chi connectivity index (χ4v) is 5.97. The number of benzene rings is 1. The number of sulfonamides is 1. The van der Waals surface area contributed by atoms with E-state index in [1.807, 2.05) is 6.92 Å². The van der Waals surface area contributed by atoms with Crippen LogP contribution in [0.25, 0.3) is 0 Å². The summed E-state index contributed by atoms with van der Waals surface area (Å²) in [4.78, 5) is 14.0. The number of amides is 1. The summed E-state index contributed by atoms with van der Waals surface area (Å²) in [6, 6.07) is 4.90. The summed E-state index contributed by atoms with van der Waals surface area (Å²) >= 11 is 0. The molecule has 29 heavy (non-hydrogen) atoms. The van der Waals surface area contributed by atoms with Crippen LogP contribution in [0.4, 0.5) is 5.69 Å². The summed E-state index contributed by atoms with van der Waals surface area (Å²) in [7, 11) is -3.66. The van der Waals surface area contributed by atoms with Crippen molar-refractivity contribution in [2.45, 2.75) is 50.8 Å². The molecular formula is C21H34N3O4S+. The number of carbonyl (C=O) groups excluding carboxylic acids is 1. The molecule has 162 valence electrons. The molecule has 0 radical (unpaired) electrons. The Bertz CT molecular complexity index is 806. The number of nitrogens with zero attached hydrogens (tertiary/aromatic N) is 1. The van der Waals surface area contributed by atoms with E-state index in [0.717, 1.165) is 38.8 Å². The molecule has 2 aliphatic rings. The number of hydrogen-bond donors (Lipinski definition) is 2. The quantitative estimate of drug-likeness (QED) is 0.695. The van der Waals surface area contributed by atoms with Gasteiger partial charge < -0.3 is 15.0 Å². The lowest BCUT2D eigenvalue weighted by molar-refractivity contribution is -0.900. The average Bonchev–Trinajstić information content (AvgIpc) is 2.70. The van der Waals surface area contributed by atoms with Gasteiger partial charge in [0, 0.05) is 24.7 Å². The minimum Gasteiger partial charge on any atom is -0.492 e. The Morgan fingerprint density at radius 1 is 1.24 bits per heavy atom. The third-order valence-electron chi connectivity index (χ3n) is 5.74. The first-order valence-corrected chi connectivity index (χ1v) is 12.2. The van der Waals surface area contributed by atoms with Gasteiger partial charge in [-0.15, -0.1) is 0 Å². The predicted octanol–water partition coefficient (Wildman–Crippen LogP) is 1.51. The van der Waals surface area contributed by atoms with Crippen molar-refractivity contribution < 1.29 is 22.8 Å². The highest BCUT2D eigenvalue weighted by molar-refractivity contribution is 7.89. The number of anilines is 1. The highest BCUT2D eigenvalue weighted by Gasteiger charge is 2.30. The van der Waals surface area contributed by atoms with E-state index in [9.17, 15) is 13.2 Å². The van der Waals surface area contributed by atoms with Crippen LogP contribution >= 0.6 is 0 Å². The number of quaternary nitrogens is 1. The number of ether oxygens (including phenoxy) is 1. The van der Waals surface area contributed by atoms with Crippen molar-refractivity contribution in [1.82, 2.24) is 4.31 Å². The van der Waals surface area contributed by atoms with Crippen molar-refractivity contribution in [2.75, 3.05) is 44.6 Å². The lowest BCUT2D eigenvalue weighted by Gasteiger charge is -2.27. The molecule has 2 atom stereocenters. The van der Waals surface area contributed by atoms with Crippen LogP contribution in [-0.2, 0) is 14.8 Å². The Labute approximate surface area is 174 Å². The zero-order valence-corrected chi connectivity index (χ0v) is 18.4. The van der Waals surface area contributed by atoms with E-state index in [1.165, 1.54) is 15.6 Å². The third-order valence-corrected chi connectivity index (χ3v) is 7.65. The first kappa shape index (κ1) is 22.1. The molecule has 2 aliphatic heterocycles. The molecule has 0 spiro atoms. The third kappa shape index (κ3) is 5.71.